The van der Waals surface area contributed by atoms with Crippen molar-refractivity contribution in [3.05, 3.63) is 0 Å². The van der Waals surface area contributed by atoms with Crippen molar-refractivity contribution in [1.82, 2.24) is 4.90 Å². The molecule has 0 saturated heterocycles. The van der Waals surface area contributed by atoms with Crippen LogP contribution in [0.2, 0.25) is 0 Å². The maximum atomic E-state index is 9.88. The van der Waals surface area contributed by atoms with E-state index in [2.05, 4.69) is 0 Å². The molecule has 0 bridgehead atoms. The van der Waals surface area contributed by atoms with Crippen molar-refractivity contribution in [3.63, 3.8) is 0 Å². The van der Waals surface area contributed by atoms with Crippen LogP contribution < -0.4 is 0 Å². The molecule has 0 saturated carbocycles. The molecule has 53 valence electrons. The first kappa shape index (κ1) is 9.34. The summed E-state index contributed by atoms with van der Waals surface area (Å²) in [6, 6.07) is 0. The largest absolute Gasteiger partial charge is 0.314 e. The summed E-state index contributed by atoms with van der Waals surface area (Å²) < 4.78 is -1.33. The fourth-order valence-corrected chi connectivity index (χ4v) is 0.405. The van der Waals surface area contributed by atoms with Gasteiger partial charge in [-0.3, -0.25) is 4.79 Å². The number of hydrogen-bond acceptors (Lipinski definition) is 1. The van der Waals surface area contributed by atoms with Crippen molar-refractivity contribution in [2.24, 2.45) is 0 Å². The predicted octanol–water partition coefficient (Wildman–Crippen LogP) is 1.36. The Kier molecular flexibility index (Phi) is 3.63. The summed E-state index contributed by atoms with van der Waals surface area (Å²) >= 11 is 16.2. The van der Waals surface area contributed by atoms with Gasteiger partial charge in [0.25, 0.3) is 0 Å². The fourth-order valence-electron chi connectivity index (χ4n) is 0.156. The second-order valence-corrected chi connectivity index (χ2v) is 3.16. The van der Waals surface area contributed by atoms with E-state index in [4.69, 9.17) is 34.8 Å². The monoisotopic (exact) mass is 188 g/mol. The van der Waals surface area contributed by atoms with Crippen molar-refractivity contribution in [2.45, 2.75) is 4.46 Å². The fraction of sp³-hybridized carbons (Fsp3) is 0.750. The van der Waals surface area contributed by atoms with E-state index in [1.165, 1.54) is 13.5 Å². The Bertz CT molecular complexity index is 106. The summed E-state index contributed by atoms with van der Waals surface area (Å²) in [5.41, 5.74) is 0. The molecule has 1 radical (unpaired) electrons. The molecule has 0 heterocycles. The number of carbonyl (C=O) groups excluding carboxylic acids is 1. The Morgan fingerprint density at radius 2 is 2.11 bits per heavy atom. The summed E-state index contributed by atoms with van der Waals surface area (Å²) in [6.45, 7) is 0. The number of hydrogen-bond donors (Lipinski definition) is 0. The Balaban J connectivity index is 3.95. The third-order valence-corrected chi connectivity index (χ3v) is 2.22. The molecular weight excluding hydrogens is 184 g/mol. The van der Waals surface area contributed by atoms with Crippen LogP contribution in [0.4, 0.5) is 0 Å². The number of alkyl halides is 3. The molecule has 2 nitrogen and oxygen atoms in total. The highest BCUT2D eigenvalue weighted by Gasteiger charge is 2.27. The Morgan fingerprint density at radius 3 is 2.22 bits per heavy atom. The third kappa shape index (κ3) is 2.61. The highest BCUT2D eigenvalue weighted by molar-refractivity contribution is 6.51. The Hall–Kier alpha value is 0.340. The van der Waals surface area contributed by atoms with E-state index < -0.39 is 4.46 Å². The lowest BCUT2D eigenvalue weighted by molar-refractivity contribution is 0.401. The van der Waals surface area contributed by atoms with Crippen LogP contribution in [0.25, 0.3) is 0 Å². The molecule has 0 aliphatic rings. The first-order chi connectivity index (χ1) is 4.04. The molecule has 0 spiro atoms. The molecule has 0 aliphatic carbocycles. The number of rotatable bonds is 3. The van der Waals surface area contributed by atoms with Crippen LogP contribution in [0.3, 0.4) is 0 Å². The van der Waals surface area contributed by atoms with Crippen molar-refractivity contribution in [3.8, 4) is 0 Å². The first-order valence-electron chi connectivity index (χ1n) is 2.10. The standard InChI is InChI=1S/C4H5Cl3NO/c1-8(3-9)4(6,7)2-5/h2H2,1H3. The highest BCUT2D eigenvalue weighted by Crippen LogP contribution is 2.24. The van der Waals surface area contributed by atoms with Crippen LogP contribution in [0.5, 0.6) is 0 Å². The smallest absolute Gasteiger partial charge is 0.305 e. The average molecular weight is 189 g/mol. The molecule has 0 aliphatic heterocycles. The molecule has 0 aromatic rings. The molecule has 1 amide bonds. The predicted molar refractivity (Wildman–Crippen MR) is 38.6 cm³/mol. The Labute approximate surface area is 68.7 Å². The van der Waals surface area contributed by atoms with Gasteiger partial charge in [-0.1, -0.05) is 23.2 Å². The lowest BCUT2D eigenvalue weighted by Crippen LogP contribution is -2.36. The number of halogens is 3. The van der Waals surface area contributed by atoms with E-state index in [1.54, 1.807) is 0 Å². The van der Waals surface area contributed by atoms with Gasteiger partial charge < -0.3 is 4.90 Å². The van der Waals surface area contributed by atoms with Gasteiger partial charge >= 0.3 is 6.41 Å². The van der Waals surface area contributed by atoms with Gasteiger partial charge in [-0.15, -0.1) is 11.6 Å². The summed E-state index contributed by atoms with van der Waals surface area (Å²) in [5, 5.41) is 0. The van der Waals surface area contributed by atoms with Gasteiger partial charge in [0.1, 0.15) is 0 Å². The third-order valence-electron chi connectivity index (χ3n) is 0.788. The van der Waals surface area contributed by atoms with Gasteiger partial charge in [-0.05, 0) is 0 Å². The molecule has 5 heteroatoms. The molecule has 9 heavy (non-hydrogen) atoms. The molecule has 0 fully saturated rings. The van der Waals surface area contributed by atoms with E-state index in [0.717, 1.165) is 4.90 Å². The average Bonchev–Trinajstić information content (AvgIpc) is 1.86. The van der Waals surface area contributed by atoms with Crippen LogP contribution in [-0.2, 0) is 4.79 Å². The van der Waals surface area contributed by atoms with E-state index in [-0.39, 0.29) is 5.88 Å². The molecule has 0 atom stereocenters. The molecular formula is C4H5Cl3NO. The van der Waals surface area contributed by atoms with Crippen molar-refractivity contribution in [1.29, 1.82) is 0 Å². The zero-order valence-electron chi connectivity index (χ0n) is 4.70. The summed E-state index contributed by atoms with van der Waals surface area (Å²) in [6.07, 6.45) is 1.49. The summed E-state index contributed by atoms with van der Waals surface area (Å²) in [5.74, 6) is -0.0398. The van der Waals surface area contributed by atoms with Crippen LogP contribution in [0, 0.1) is 0 Å². The van der Waals surface area contributed by atoms with E-state index in [0.29, 0.717) is 0 Å². The van der Waals surface area contributed by atoms with E-state index in [1.807, 2.05) is 0 Å². The topological polar surface area (TPSA) is 20.3 Å². The SMILES string of the molecule is CN([C]=O)C(Cl)(Cl)CCl. The number of amides is 1. The van der Waals surface area contributed by atoms with Crippen LogP contribution in [-0.4, -0.2) is 28.7 Å². The van der Waals surface area contributed by atoms with Crippen molar-refractivity contribution < 1.29 is 4.79 Å². The molecule has 0 rings (SSSR count). The van der Waals surface area contributed by atoms with E-state index >= 15 is 0 Å². The molecule has 0 aromatic heterocycles. The molecule has 0 unspecified atom stereocenters. The Morgan fingerprint density at radius 1 is 1.67 bits per heavy atom. The minimum absolute atomic E-state index is 0.0398. The minimum Gasteiger partial charge on any atom is -0.305 e. The maximum absolute atomic E-state index is 9.88. The van der Waals surface area contributed by atoms with Gasteiger partial charge in [0.2, 0.25) is 4.46 Å². The lowest BCUT2D eigenvalue weighted by Gasteiger charge is -2.23. The highest BCUT2D eigenvalue weighted by atomic mass is 35.5. The number of nitrogens with zero attached hydrogens (tertiary/aromatic N) is 1. The summed E-state index contributed by atoms with van der Waals surface area (Å²) in [7, 11) is 1.40. The zero-order valence-corrected chi connectivity index (χ0v) is 6.96. The molecule has 0 aromatic carbocycles. The normalized spacial score (nSPS) is 11.1. The maximum Gasteiger partial charge on any atom is 0.314 e. The van der Waals surface area contributed by atoms with Gasteiger partial charge in [0.15, 0.2) is 0 Å². The van der Waals surface area contributed by atoms with Gasteiger partial charge in [-0.2, -0.15) is 0 Å². The minimum atomic E-state index is -1.33. The van der Waals surface area contributed by atoms with Crippen LogP contribution in [0.15, 0.2) is 0 Å². The van der Waals surface area contributed by atoms with Crippen molar-refractivity contribution >= 4 is 41.2 Å². The first-order valence-corrected chi connectivity index (χ1v) is 3.39. The molecule has 0 N–H and O–H groups in total. The van der Waals surface area contributed by atoms with Gasteiger partial charge in [0, 0.05) is 7.05 Å². The van der Waals surface area contributed by atoms with Gasteiger partial charge in [-0.25, -0.2) is 0 Å². The second-order valence-electron chi connectivity index (χ2n) is 1.45. The van der Waals surface area contributed by atoms with E-state index in [9.17, 15) is 4.79 Å². The van der Waals surface area contributed by atoms with Crippen LogP contribution >= 0.6 is 34.8 Å². The lowest BCUT2D eigenvalue weighted by atomic mass is 10.6. The van der Waals surface area contributed by atoms with Crippen LogP contribution in [0.1, 0.15) is 0 Å². The van der Waals surface area contributed by atoms with Crippen molar-refractivity contribution in [2.75, 3.05) is 12.9 Å². The summed E-state index contributed by atoms with van der Waals surface area (Å²) in [4.78, 5) is 10.8. The zero-order chi connectivity index (χ0) is 7.49. The van der Waals surface area contributed by atoms with Gasteiger partial charge in [0.05, 0.1) is 5.88 Å². The quantitative estimate of drug-likeness (QED) is 0.373. The second kappa shape index (κ2) is 3.49.